The van der Waals surface area contributed by atoms with Crippen molar-refractivity contribution in [3.8, 4) is 22.4 Å². The Kier molecular flexibility index (Phi) is 6.63. The van der Waals surface area contributed by atoms with Gasteiger partial charge in [0, 0.05) is 12.1 Å². The molecular weight excluding hydrogens is 382 g/mol. The molecule has 1 aromatic heterocycles. The Morgan fingerprint density at radius 2 is 2.00 bits per heavy atom. The number of nitrogens with zero attached hydrogens (tertiary/aromatic N) is 2. The van der Waals surface area contributed by atoms with Crippen LogP contribution in [-0.4, -0.2) is 17.5 Å². The zero-order valence-corrected chi connectivity index (χ0v) is 17.5. The Morgan fingerprint density at radius 1 is 1.24 bits per heavy atom. The van der Waals surface area contributed by atoms with Crippen LogP contribution in [0.4, 0.5) is 0 Å². The van der Waals surface area contributed by atoms with Gasteiger partial charge in [-0.3, -0.25) is 4.79 Å². The molecule has 0 atom stereocenters. The van der Waals surface area contributed by atoms with Gasteiger partial charge < -0.3 is 10.1 Å². The lowest BCUT2D eigenvalue weighted by Gasteiger charge is -2.10. The van der Waals surface area contributed by atoms with Gasteiger partial charge in [-0.2, -0.15) is 5.26 Å². The number of nitriles is 1. The number of thiazole rings is 1. The van der Waals surface area contributed by atoms with Gasteiger partial charge in [0.25, 0.3) is 5.91 Å². The summed E-state index contributed by atoms with van der Waals surface area (Å²) in [6, 6.07) is 17.4. The first-order chi connectivity index (χ1) is 14.0. The third-order valence-corrected chi connectivity index (χ3v) is 5.42. The molecule has 148 valence electrons. The van der Waals surface area contributed by atoms with Gasteiger partial charge in [-0.05, 0) is 36.6 Å². The monoisotopic (exact) mass is 405 g/mol. The normalized spacial score (nSPS) is 10.6. The van der Waals surface area contributed by atoms with Gasteiger partial charge in [-0.25, -0.2) is 4.98 Å². The van der Waals surface area contributed by atoms with E-state index in [1.54, 1.807) is 12.1 Å². The summed E-state index contributed by atoms with van der Waals surface area (Å²) < 4.78 is 5.72. The van der Waals surface area contributed by atoms with Crippen LogP contribution < -0.4 is 10.1 Å². The van der Waals surface area contributed by atoms with Crippen molar-refractivity contribution in [3.63, 3.8) is 0 Å². The summed E-state index contributed by atoms with van der Waals surface area (Å²) in [5, 5.41) is 13.1. The van der Waals surface area contributed by atoms with E-state index in [0.29, 0.717) is 46.0 Å². The molecule has 0 radical (unpaired) electrons. The Hall–Kier alpha value is -3.17. The first-order valence-corrected chi connectivity index (χ1v) is 10.3. The maximum Gasteiger partial charge on any atom is 0.263 e. The summed E-state index contributed by atoms with van der Waals surface area (Å²) in [6.45, 7) is 6.96. The average Bonchev–Trinajstić information content (AvgIpc) is 3.12. The Bertz CT molecular complexity index is 1040. The summed E-state index contributed by atoms with van der Waals surface area (Å²) in [5.41, 5.74) is 2.98. The number of carbonyl (C=O) groups is 1. The van der Waals surface area contributed by atoms with Crippen LogP contribution in [0, 0.1) is 24.2 Å². The lowest BCUT2D eigenvalue weighted by atomic mass is 10.1. The highest BCUT2D eigenvalue weighted by molar-refractivity contribution is 7.17. The van der Waals surface area contributed by atoms with Crippen molar-refractivity contribution in [2.24, 2.45) is 5.92 Å². The molecule has 3 aromatic rings. The minimum absolute atomic E-state index is 0.146. The molecule has 29 heavy (non-hydrogen) atoms. The van der Waals surface area contributed by atoms with Crippen molar-refractivity contribution < 1.29 is 9.53 Å². The topological polar surface area (TPSA) is 75.0 Å². The zero-order valence-electron chi connectivity index (χ0n) is 16.7. The molecule has 0 aliphatic rings. The molecular formula is C23H23N3O2S. The van der Waals surface area contributed by atoms with Crippen LogP contribution in [0.2, 0.25) is 0 Å². The molecule has 6 heteroatoms. The van der Waals surface area contributed by atoms with E-state index >= 15 is 0 Å². The van der Waals surface area contributed by atoms with Crippen LogP contribution in [0.3, 0.4) is 0 Å². The van der Waals surface area contributed by atoms with Crippen molar-refractivity contribution in [2.45, 2.75) is 27.3 Å². The number of ether oxygens (including phenoxy) is 1. The number of nitrogens with one attached hydrogen (secondary N) is 1. The van der Waals surface area contributed by atoms with Crippen LogP contribution in [0.5, 0.6) is 5.75 Å². The van der Waals surface area contributed by atoms with Crippen molar-refractivity contribution in [2.75, 3.05) is 6.61 Å². The van der Waals surface area contributed by atoms with Gasteiger partial charge in [0.2, 0.25) is 0 Å². The Labute approximate surface area is 175 Å². The van der Waals surface area contributed by atoms with Gasteiger partial charge in [0.05, 0.1) is 17.9 Å². The lowest BCUT2D eigenvalue weighted by Crippen LogP contribution is -2.22. The van der Waals surface area contributed by atoms with Gasteiger partial charge in [-0.15, -0.1) is 11.3 Å². The van der Waals surface area contributed by atoms with Gasteiger partial charge >= 0.3 is 0 Å². The highest BCUT2D eigenvalue weighted by atomic mass is 32.1. The summed E-state index contributed by atoms with van der Waals surface area (Å²) in [5.74, 6) is 0.798. The van der Waals surface area contributed by atoms with Gasteiger partial charge in [-0.1, -0.05) is 44.2 Å². The molecule has 0 fully saturated rings. The molecule has 0 aliphatic carbocycles. The molecule has 2 aromatic carbocycles. The van der Waals surface area contributed by atoms with E-state index in [2.05, 4.69) is 30.2 Å². The van der Waals surface area contributed by atoms with Crippen molar-refractivity contribution in [3.05, 3.63) is 70.2 Å². The van der Waals surface area contributed by atoms with E-state index < -0.39 is 0 Å². The highest BCUT2D eigenvalue weighted by Gasteiger charge is 2.17. The largest absolute Gasteiger partial charge is 0.492 e. The minimum Gasteiger partial charge on any atom is -0.492 e. The summed E-state index contributed by atoms with van der Waals surface area (Å²) in [6.07, 6.45) is 0. The van der Waals surface area contributed by atoms with Gasteiger partial charge in [0.15, 0.2) is 0 Å². The third-order valence-electron chi connectivity index (χ3n) is 4.22. The number of rotatable bonds is 7. The van der Waals surface area contributed by atoms with Crippen LogP contribution in [0.15, 0.2) is 48.5 Å². The molecule has 0 aliphatic heterocycles. The number of amides is 1. The second kappa shape index (κ2) is 9.35. The second-order valence-corrected chi connectivity index (χ2v) is 8.13. The molecule has 1 N–H and O–H groups in total. The first-order valence-electron chi connectivity index (χ1n) is 9.44. The predicted octanol–water partition coefficient (Wildman–Crippen LogP) is 4.96. The molecule has 0 saturated carbocycles. The van der Waals surface area contributed by atoms with E-state index in [-0.39, 0.29) is 5.91 Å². The van der Waals surface area contributed by atoms with E-state index in [1.165, 1.54) is 11.3 Å². The molecule has 5 nitrogen and oxygen atoms in total. The standard InChI is InChI=1S/C23H23N3O2S/c1-15(2)14-28-20-10-9-18(11-19(20)12-24)23-26-16(3)21(29-23)22(27)25-13-17-7-5-4-6-8-17/h4-11,15H,13-14H2,1-3H3,(H,25,27). The van der Waals surface area contributed by atoms with E-state index in [0.717, 1.165) is 11.1 Å². The number of benzene rings is 2. The smallest absolute Gasteiger partial charge is 0.263 e. The number of aromatic nitrogens is 1. The number of hydrogen-bond acceptors (Lipinski definition) is 5. The lowest BCUT2D eigenvalue weighted by molar-refractivity contribution is 0.0954. The summed E-state index contributed by atoms with van der Waals surface area (Å²) in [4.78, 5) is 17.7. The molecule has 0 bridgehead atoms. The fourth-order valence-corrected chi connectivity index (χ4v) is 3.70. The van der Waals surface area contributed by atoms with Crippen LogP contribution in [0.1, 0.15) is 40.3 Å². The second-order valence-electron chi connectivity index (χ2n) is 7.13. The van der Waals surface area contributed by atoms with E-state index in [4.69, 9.17) is 4.74 Å². The molecule has 0 spiro atoms. The minimum atomic E-state index is -0.146. The number of hydrogen-bond donors (Lipinski definition) is 1. The molecule has 1 amide bonds. The van der Waals surface area contributed by atoms with E-state index in [9.17, 15) is 10.1 Å². The fraction of sp³-hybridized carbons (Fsp3) is 0.261. The maximum atomic E-state index is 12.6. The van der Waals surface area contributed by atoms with Gasteiger partial charge in [0.1, 0.15) is 21.7 Å². The molecule has 0 saturated heterocycles. The zero-order chi connectivity index (χ0) is 20.8. The molecule has 3 rings (SSSR count). The number of carbonyl (C=O) groups excluding carboxylic acids is 1. The van der Waals surface area contributed by atoms with Crippen molar-refractivity contribution in [1.29, 1.82) is 5.26 Å². The molecule has 0 unspecified atom stereocenters. The quantitative estimate of drug-likeness (QED) is 0.603. The van der Waals surface area contributed by atoms with E-state index in [1.807, 2.05) is 43.3 Å². The molecule has 1 heterocycles. The Morgan fingerprint density at radius 3 is 2.69 bits per heavy atom. The van der Waals surface area contributed by atoms with Crippen molar-refractivity contribution in [1.82, 2.24) is 10.3 Å². The SMILES string of the molecule is Cc1nc(-c2ccc(OCC(C)C)c(C#N)c2)sc1C(=O)NCc1ccccc1. The summed E-state index contributed by atoms with van der Waals surface area (Å²) in [7, 11) is 0. The Balaban J connectivity index is 1.77. The average molecular weight is 406 g/mol. The highest BCUT2D eigenvalue weighted by Crippen LogP contribution is 2.31. The number of aryl methyl sites for hydroxylation is 1. The predicted molar refractivity (Wildman–Crippen MR) is 115 cm³/mol. The van der Waals surface area contributed by atoms with Crippen LogP contribution >= 0.6 is 11.3 Å². The van der Waals surface area contributed by atoms with Crippen LogP contribution in [0.25, 0.3) is 10.6 Å². The van der Waals surface area contributed by atoms with Crippen molar-refractivity contribution >= 4 is 17.2 Å². The summed E-state index contributed by atoms with van der Waals surface area (Å²) >= 11 is 1.33. The fourth-order valence-electron chi connectivity index (χ4n) is 2.72. The first kappa shape index (κ1) is 20.6. The third kappa shape index (κ3) is 5.21. The maximum absolute atomic E-state index is 12.6. The van der Waals surface area contributed by atoms with Crippen LogP contribution in [-0.2, 0) is 6.54 Å².